The summed E-state index contributed by atoms with van der Waals surface area (Å²) in [5.74, 6) is -0.114. The van der Waals surface area contributed by atoms with Crippen LogP contribution in [-0.2, 0) is 17.3 Å². The number of allylic oxidation sites excluding steroid dienone is 4. The first-order valence-corrected chi connectivity index (χ1v) is 22.4. The lowest BCUT2D eigenvalue weighted by molar-refractivity contribution is 0.104. The number of benzene rings is 1. The average Bonchev–Trinajstić information content (AvgIpc) is 3.98. The highest BCUT2D eigenvalue weighted by Crippen LogP contribution is 2.66. The fourth-order valence-electron chi connectivity index (χ4n) is 8.42. The second-order valence-corrected chi connectivity index (χ2v) is 21.5. The Kier molecular flexibility index (Phi) is 7.34. The van der Waals surface area contributed by atoms with E-state index in [1.165, 1.54) is 80.4 Å². The normalized spacial score (nSPS) is 16.5. The quantitative estimate of drug-likeness (QED) is 0.129. The van der Waals surface area contributed by atoms with E-state index in [-0.39, 0.29) is 22.2 Å². The zero-order valence-corrected chi connectivity index (χ0v) is 34.4. The molecule has 1 aromatic carbocycles. The highest BCUT2D eigenvalue weighted by molar-refractivity contribution is 7.35. The largest absolute Gasteiger partial charge is 0.289 e. The molecule has 0 unspecified atom stereocenters. The van der Waals surface area contributed by atoms with E-state index in [1.807, 2.05) is 104 Å². The summed E-state index contributed by atoms with van der Waals surface area (Å²) in [5.41, 5.74) is 8.00. The number of carbonyl (C=O) groups excluding carboxylic acids is 1. The van der Waals surface area contributed by atoms with Crippen LogP contribution in [-0.4, -0.2) is 5.78 Å². The van der Waals surface area contributed by atoms with Gasteiger partial charge in [-0.1, -0.05) is 58.0 Å². The van der Waals surface area contributed by atoms with Crippen LogP contribution in [0.5, 0.6) is 0 Å². The molecule has 10 rings (SSSR count). The molecule has 9 heteroatoms. The Hall–Kier alpha value is -4.19. The number of aryl methyl sites for hydroxylation is 2. The van der Waals surface area contributed by atoms with E-state index in [9.17, 15) is 15.3 Å². The van der Waals surface area contributed by atoms with Gasteiger partial charge in [-0.3, -0.25) is 4.79 Å². The number of fused-ring (bicyclic) bond motifs is 10. The molecule has 3 nitrogen and oxygen atoms in total. The summed E-state index contributed by atoms with van der Waals surface area (Å²) in [6, 6.07) is 25.1. The third-order valence-corrected chi connectivity index (χ3v) is 18.7. The molecule has 7 aromatic rings. The SMILES string of the molecule is Cc1ccc(-c2cc3c(s2)-c2sc4c5c(sc4c2C3(C)C)-c2sc(-c3ccc(CC/C=C4\C(=O)c6ccccc6C4=C(C#N)C#N)s3)cc2C5(C)C)s1. The Morgan fingerprint density at radius 1 is 0.679 bits per heavy atom. The van der Waals surface area contributed by atoms with E-state index >= 15 is 0 Å². The zero-order valence-electron chi connectivity index (χ0n) is 29.5. The summed E-state index contributed by atoms with van der Waals surface area (Å²) >= 11 is 11.6. The zero-order chi connectivity index (χ0) is 36.6. The van der Waals surface area contributed by atoms with Crippen LogP contribution < -0.4 is 0 Å². The molecule has 6 heterocycles. The van der Waals surface area contributed by atoms with Crippen molar-refractivity contribution in [2.24, 2.45) is 0 Å². The van der Waals surface area contributed by atoms with Gasteiger partial charge in [0, 0.05) is 66.6 Å². The number of Topliss-reactive ketones (excluding diaryl/α,β-unsaturated/α-hetero) is 1. The molecule has 0 radical (unpaired) electrons. The van der Waals surface area contributed by atoms with Crippen LogP contribution in [0, 0.1) is 29.6 Å². The van der Waals surface area contributed by atoms with E-state index in [4.69, 9.17) is 0 Å². The topological polar surface area (TPSA) is 64.7 Å². The summed E-state index contributed by atoms with van der Waals surface area (Å²) in [6.07, 6.45) is 3.34. The molecule has 0 saturated heterocycles. The summed E-state index contributed by atoms with van der Waals surface area (Å²) in [5, 5.41) is 19.3. The van der Waals surface area contributed by atoms with Crippen molar-refractivity contribution in [3.63, 3.8) is 0 Å². The molecule has 53 heavy (non-hydrogen) atoms. The summed E-state index contributed by atoms with van der Waals surface area (Å²) in [6.45, 7) is 11.9. The number of thiophene rings is 6. The third kappa shape index (κ3) is 4.66. The average molecular weight is 795 g/mol. The number of nitriles is 2. The highest BCUT2D eigenvalue weighted by atomic mass is 32.1. The fraction of sp³-hybridized carbons (Fsp3) is 0.205. The Labute approximate surface area is 332 Å². The van der Waals surface area contributed by atoms with Crippen molar-refractivity contribution in [1.82, 2.24) is 0 Å². The van der Waals surface area contributed by atoms with Gasteiger partial charge in [-0.2, -0.15) is 10.5 Å². The second-order valence-electron chi connectivity index (χ2n) is 14.9. The first kappa shape index (κ1) is 33.4. The van der Waals surface area contributed by atoms with E-state index in [2.05, 4.69) is 71.0 Å². The molecule has 6 aromatic heterocycles. The van der Waals surface area contributed by atoms with Gasteiger partial charge in [0.1, 0.15) is 17.7 Å². The molecule has 0 bridgehead atoms. The molecule has 258 valence electrons. The van der Waals surface area contributed by atoms with Gasteiger partial charge < -0.3 is 0 Å². The van der Waals surface area contributed by atoms with Crippen molar-refractivity contribution in [2.75, 3.05) is 0 Å². The monoisotopic (exact) mass is 794 g/mol. The molecule has 3 aliphatic rings. The standard InChI is InChI=1S/C44H30N2OS6/c1-21-13-15-29(48-21)31-17-27-37(50-31)39-34(43(27,2)3)41-42(52-39)35-40(53-41)38-28(44(35,4)5)18-32(51-38)30-16-14-23(49-30)9-8-12-26-33(22(19-45)20-46)24-10-6-7-11-25(24)36(26)47/h6-7,10-18H,8-9H2,1-5H3/b26-12-. The molecule has 3 aliphatic carbocycles. The van der Waals surface area contributed by atoms with Gasteiger partial charge in [-0.25, -0.2) is 0 Å². The Balaban J connectivity index is 0.948. The Morgan fingerprint density at radius 3 is 1.81 bits per heavy atom. The molecule has 0 aliphatic heterocycles. The maximum absolute atomic E-state index is 13.3. The van der Waals surface area contributed by atoms with Crippen molar-refractivity contribution in [3.05, 3.63) is 121 Å². The van der Waals surface area contributed by atoms with Gasteiger partial charge in [-0.05, 0) is 84.0 Å². The number of rotatable bonds is 5. The minimum absolute atomic E-state index is 0.0153. The van der Waals surface area contributed by atoms with E-state index in [1.54, 1.807) is 6.07 Å². The van der Waals surface area contributed by atoms with E-state index in [0.717, 1.165) is 6.42 Å². The smallest absolute Gasteiger partial charge is 0.194 e. The lowest BCUT2D eigenvalue weighted by Crippen LogP contribution is -2.15. The van der Waals surface area contributed by atoms with Gasteiger partial charge >= 0.3 is 0 Å². The highest BCUT2D eigenvalue weighted by Gasteiger charge is 2.46. The third-order valence-electron chi connectivity index (χ3n) is 11.1. The fourth-order valence-corrected chi connectivity index (χ4v) is 16.9. The van der Waals surface area contributed by atoms with Crippen molar-refractivity contribution in [2.45, 2.75) is 58.3 Å². The maximum atomic E-state index is 13.3. The van der Waals surface area contributed by atoms with Crippen molar-refractivity contribution >= 4 is 88.8 Å². The first-order chi connectivity index (χ1) is 25.5. The maximum Gasteiger partial charge on any atom is 0.194 e. The van der Waals surface area contributed by atoms with Crippen LogP contribution in [0.2, 0.25) is 0 Å². The molecule has 0 amide bonds. The lowest BCUT2D eigenvalue weighted by Gasteiger charge is -2.20. The number of hydrogen-bond donors (Lipinski definition) is 0. The second kappa shape index (κ2) is 11.7. The molecular weight excluding hydrogens is 765 g/mol. The van der Waals surface area contributed by atoms with Gasteiger partial charge in [0.05, 0.1) is 19.2 Å². The van der Waals surface area contributed by atoms with Gasteiger partial charge in [0.2, 0.25) is 0 Å². The number of hydrogen-bond acceptors (Lipinski definition) is 9. The van der Waals surface area contributed by atoms with Gasteiger partial charge in [0.15, 0.2) is 5.78 Å². The predicted octanol–water partition coefficient (Wildman–Crippen LogP) is 14.0. The van der Waals surface area contributed by atoms with Crippen LogP contribution in [0.4, 0.5) is 0 Å². The van der Waals surface area contributed by atoms with Crippen LogP contribution in [0.25, 0.3) is 54.0 Å². The lowest BCUT2D eigenvalue weighted by atomic mass is 9.82. The van der Waals surface area contributed by atoms with Crippen molar-refractivity contribution < 1.29 is 4.79 Å². The Bertz CT molecular complexity index is 2890. The number of ketones is 1. The van der Waals surface area contributed by atoms with E-state index in [0.29, 0.717) is 28.7 Å². The first-order valence-electron chi connectivity index (χ1n) is 17.5. The molecular formula is C44H30N2OS6. The Morgan fingerprint density at radius 2 is 1.25 bits per heavy atom. The summed E-state index contributed by atoms with van der Waals surface area (Å²) in [4.78, 5) is 27.1. The van der Waals surface area contributed by atoms with Crippen LogP contribution in [0.1, 0.15) is 82.0 Å². The summed E-state index contributed by atoms with van der Waals surface area (Å²) < 4.78 is 2.97. The molecule has 0 atom stereocenters. The number of nitrogens with zero attached hydrogens (tertiary/aromatic N) is 2. The van der Waals surface area contributed by atoms with Crippen LogP contribution in [0.15, 0.2) is 77.9 Å². The number of carbonyl (C=O) groups is 1. The minimum atomic E-state index is -0.114. The van der Waals surface area contributed by atoms with Crippen LogP contribution >= 0.6 is 68.0 Å². The summed E-state index contributed by atoms with van der Waals surface area (Å²) in [7, 11) is 0. The molecule has 0 saturated carbocycles. The predicted molar refractivity (Wildman–Crippen MR) is 227 cm³/mol. The molecule has 0 N–H and O–H groups in total. The van der Waals surface area contributed by atoms with Crippen molar-refractivity contribution in [3.8, 4) is 51.2 Å². The molecule has 0 spiro atoms. The van der Waals surface area contributed by atoms with Gasteiger partial charge in [0.25, 0.3) is 0 Å². The van der Waals surface area contributed by atoms with Crippen LogP contribution in [0.3, 0.4) is 0 Å². The van der Waals surface area contributed by atoms with Gasteiger partial charge in [-0.15, -0.1) is 68.0 Å². The molecule has 0 fully saturated rings. The minimum Gasteiger partial charge on any atom is -0.289 e. The van der Waals surface area contributed by atoms with Crippen molar-refractivity contribution in [1.29, 1.82) is 10.5 Å². The van der Waals surface area contributed by atoms with E-state index < -0.39 is 0 Å².